The van der Waals surface area contributed by atoms with Gasteiger partial charge in [0.1, 0.15) is 0 Å². The van der Waals surface area contributed by atoms with Crippen molar-refractivity contribution in [3.8, 4) is 0 Å². The summed E-state index contributed by atoms with van der Waals surface area (Å²) in [6.07, 6.45) is 5.15. The summed E-state index contributed by atoms with van der Waals surface area (Å²) in [5.74, 6) is 0. The number of fused-ring (bicyclic) bond motifs is 2. The molecule has 92 valence electrons. The zero-order valence-electron chi connectivity index (χ0n) is 10.7. The van der Waals surface area contributed by atoms with Crippen LogP contribution in [-0.4, -0.2) is 22.0 Å². The molecule has 2 nitrogen and oxygen atoms in total. The first kappa shape index (κ1) is 11.4. The monoisotopic (exact) mass is 248 g/mol. The normalized spacial score (nSPS) is 28.9. The van der Waals surface area contributed by atoms with E-state index in [1.165, 1.54) is 46.8 Å². The number of piperidine rings is 1. The van der Waals surface area contributed by atoms with Crippen molar-refractivity contribution in [1.29, 1.82) is 0 Å². The molecule has 0 spiro atoms. The van der Waals surface area contributed by atoms with E-state index >= 15 is 0 Å². The minimum absolute atomic E-state index is 0.753. The fourth-order valence-electron chi connectivity index (χ4n) is 3.35. The van der Waals surface area contributed by atoms with Crippen LogP contribution in [0.5, 0.6) is 0 Å². The van der Waals surface area contributed by atoms with Gasteiger partial charge in [-0.05, 0) is 39.5 Å². The lowest BCUT2D eigenvalue weighted by molar-refractivity contribution is 0.159. The average Bonchev–Trinajstić information content (AvgIpc) is 2.68. The summed E-state index contributed by atoms with van der Waals surface area (Å²) in [6.45, 7) is 9.54. The second kappa shape index (κ2) is 4.21. The van der Waals surface area contributed by atoms with Crippen LogP contribution < -0.4 is 0 Å². The minimum atomic E-state index is 0.753. The molecule has 3 rings (SSSR count). The number of aryl methyl sites for hydroxylation is 2. The highest BCUT2D eigenvalue weighted by molar-refractivity contribution is 7.11. The van der Waals surface area contributed by atoms with Crippen molar-refractivity contribution in [3.05, 3.63) is 27.7 Å². The number of nitrogens with zero attached hydrogens (tertiary/aromatic N) is 2. The number of thiazole rings is 1. The first-order valence-electron chi connectivity index (χ1n) is 6.49. The highest BCUT2D eigenvalue weighted by Gasteiger charge is 2.38. The van der Waals surface area contributed by atoms with E-state index in [1.54, 1.807) is 0 Å². The molecule has 0 aromatic carbocycles. The molecule has 2 aliphatic rings. The molecule has 3 heteroatoms. The molecule has 2 aliphatic heterocycles. The Bertz CT molecular complexity index is 433. The van der Waals surface area contributed by atoms with Gasteiger partial charge >= 0.3 is 0 Å². The van der Waals surface area contributed by atoms with Gasteiger partial charge in [-0.25, -0.2) is 4.98 Å². The van der Waals surface area contributed by atoms with Gasteiger partial charge in [0.25, 0.3) is 0 Å². The van der Waals surface area contributed by atoms with Crippen LogP contribution in [0.3, 0.4) is 0 Å². The molecule has 2 saturated heterocycles. The average molecular weight is 248 g/mol. The maximum atomic E-state index is 4.54. The summed E-state index contributed by atoms with van der Waals surface area (Å²) in [6, 6.07) is 1.51. The van der Waals surface area contributed by atoms with Gasteiger partial charge in [0.15, 0.2) is 0 Å². The Morgan fingerprint density at radius 3 is 2.47 bits per heavy atom. The Hall–Kier alpha value is -0.670. The number of hydrogen-bond donors (Lipinski definition) is 0. The van der Waals surface area contributed by atoms with Crippen molar-refractivity contribution in [1.82, 2.24) is 9.88 Å². The third-order valence-corrected chi connectivity index (χ3v) is 5.20. The Morgan fingerprint density at radius 1 is 1.29 bits per heavy atom. The molecule has 0 aliphatic carbocycles. The molecule has 0 amide bonds. The second-order valence-electron chi connectivity index (χ2n) is 5.46. The lowest BCUT2D eigenvalue weighted by atomic mass is 9.98. The van der Waals surface area contributed by atoms with Crippen molar-refractivity contribution >= 4 is 11.3 Å². The van der Waals surface area contributed by atoms with Gasteiger partial charge in [0.2, 0.25) is 0 Å². The van der Waals surface area contributed by atoms with E-state index in [0.717, 1.165) is 18.6 Å². The molecular weight excluding hydrogens is 228 g/mol. The van der Waals surface area contributed by atoms with E-state index < -0.39 is 0 Å². The summed E-state index contributed by atoms with van der Waals surface area (Å²) in [4.78, 5) is 8.70. The first-order valence-corrected chi connectivity index (χ1v) is 7.30. The maximum Gasteiger partial charge on any atom is 0.0900 e. The Balaban J connectivity index is 1.78. The topological polar surface area (TPSA) is 16.1 Å². The Kier molecular flexibility index (Phi) is 2.83. The Labute approximate surface area is 107 Å². The second-order valence-corrected chi connectivity index (χ2v) is 6.74. The third kappa shape index (κ3) is 2.06. The molecule has 17 heavy (non-hydrogen) atoms. The van der Waals surface area contributed by atoms with Crippen LogP contribution in [-0.2, 0) is 6.54 Å². The van der Waals surface area contributed by atoms with Crippen molar-refractivity contribution in [2.45, 2.75) is 58.2 Å². The van der Waals surface area contributed by atoms with Crippen molar-refractivity contribution < 1.29 is 0 Å². The zero-order chi connectivity index (χ0) is 12.0. The van der Waals surface area contributed by atoms with Gasteiger partial charge in [-0.3, -0.25) is 4.90 Å². The van der Waals surface area contributed by atoms with Crippen LogP contribution in [0.1, 0.15) is 41.3 Å². The van der Waals surface area contributed by atoms with E-state index in [-0.39, 0.29) is 0 Å². The van der Waals surface area contributed by atoms with E-state index in [1.807, 2.05) is 11.3 Å². The van der Waals surface area contributed by atoms with Crippen LogP contribution in [0.25, 0.3) is 0 Å². The number of rotatable bonds is 2. The fraction of sp³-hybridized carbons (Fsp3) is 0.643. The third-order valence-electron chi connectivity index (χ3n) is 4.15. The minimum Gasteiger partial charge on any atom is -0.292 e. The molecule has 2 atom stereocenters. The van der Waals surface area contributed by atoms with Gasteiger partial charge in [0.05, 0.1) is 10.7 Å². The lowest BCUT2D eigenvalue weighted by Gasteiger charge is -2.35. The SMILES string of the molecule is C=C1CC2CCC(C1)N2Cc1sc(C)nc1C. The van der Waals surface area contributed by atoms with Crippen LogP contribution in [0.2, 0.25) is 0 Å². The standard InChI is InChI=1S/C14H20N2S/c1-9-6-12-4-5-13(7-9)16(12)8-14-10(2)15-11(3)17-14/h12-13H,1,4-8H2,2-3H3. The fourth-order valence-corrected chi connectivity index (χ4v) is 4.29. The van der Waals surface area contributed by atoms with Gasteiger partial charge in [0, 0.05) is 23.5 Å². The van der Waals surface area contributed by atoms with Gasteiger partial charge in [-0.1, -0.05) is 12.2 Å². The van der Waals surface area contributed by atoms with Crippen LogP contribution in [0.15, 0.2) is 12.2 Å². The van der Waals surface area contributed by atoms with Gasteiger partial charge < -0.3 is 0 Å². The smallest absolute Gasteiger partial charge is 0.0900 e. The lowest BCUT2D eigenvalue weighted by Crippen LogP contribution is -2.39. The predicted octanol–water partition coefficient (Wildman–Crippen LogP) is 3.44. The quantitative estimate of drug-likeness (QED) is 0.745. The molecule has 1 aromatic rings. The molecule has 2 fully saturated rings. The first-order chi connectivity index (χ1) is 8.13. The zero-order valence-corrected chi connectivity index (χ0v) is 11.5. The highest BCUT2D eigenvalue weighted by atomic mass is 32.1. The largest absolute Gasteiger partial charge is 0.292 e. The van der Waals surface area contributed by atoms with Crippen molar-refractivity contribution in [3.63, 3.8) is 0 Å². The van der Waals surface area contributed by atoms with Crippen molar-refractivity contribution in [2.75, 3.05) is 0 Å². The summed E-state index contributed by atoms with van der Waals surface area (Å²) in [7, 11) is 0. The molecule has 0 radical (unpaired) electrons. The molecule has 2 bridgehead atoms. The van der Waals surface area contributed by atoms with E-state index in [9.17, 15) is 0 Å². The molecule has 0 saturated carbocycles. The van der Waals surface area contributed by atoms with E-state index in [2.05, 4.69) is 30.3 Å². The van der Waals surface area contributed by atoms with Crippen LogP contribution in [0, 0.1) is 13.8 Å². The summed E-state index contributed by atoms with van der Waals surface area (Å²) >= 11 is 1.87. The predicted molar refractivity (Wildman–Crippen MR) is 72.3 cm³/mol. The number of aromatic nitrogens is 1. The maximum absolute atomic E-state index is 4.54. The molecular formula is C14H20N2S. The molecule has 2 unspecified atom stereocenters. The number of hydrogen-bond acceptors (Lipinski definition) is 3. The van der Waals surface area contributed by atoms with Crippen molar-refractivity contribution in [2.24, 2.45) is 0 Å². The summed E-state index contributed by atoms with van der Waals surface area (Å²) < 4.78 is 0. The molecule has 3 heterocycles. The van der Waals surface area contributed by atoms with E-state index in [0.29, 0.717) is 0 Å². The van der Waals surface area contributed by atoms with Gasteiger partial charge in [-0.2, -0.15) is 0 Å². The van der Waals surface area contributed by atoms with Crippen LogP contribution in [0.4, 0.5) is 0 Å². The summed E-state index contributed by atoms with van der Waals surface area (Å²) in [5.41, 5.74) is 2.70. The van der Waals surface area contributed by atoms with Gasteiger partial charge in [-0.15, -0.1) is 11.3 Å². The van der Waals surface area contributed by atoms with Crippen LogP contribution >= 0.6 is 11.3 Å². The van der Waals surface area contributed by atoms with E-state index in [4.69, 9.17) is 0 Å². The summed E-state index contributed by atoms with van der Waals surface area (Å²) in [5, 5.41) is 1.20. The molecule has 0 N–H and O–H groups in total. The molecule has 1 aromatic heterocycles. The Morgan fingerprint density at radius 2 is 1.94 bits per heavy atom. The highest BCUT2D eigenvalue weighted by Crippen LogP contribution is 2.39.